The van der Waals surface area contributed by atoms with E-state index in [1.54, 1.807) is 4.90 Å². The maximum absolute atomic E-state index is 12.0. The number of aliphatic hydroxyl groups is 1. The Kier molecular flexibility index (Phi) is 5.73. The van der Waals surface area contributed by atoms with E-state index >= 15 is 0 Å². The van der Waals surface area contributed by atoms with Crippen LogP contribution in [0, 0.1) is 0 Å². The summed E-state index contributed by atoms with van der Waals surface area (Å²) in [6.45, 7) is 6.45. The first kappa shape index (κ1) is 13.4. The van der Waals surface area contributed by atoms with Gasteiger partial charge in [0, 0.05) is 31.6 Å². The van der Waals surface area contributed by atoms with Crippen molar-refractivity contribution >= 4 is 5.91 Å². The number of morpholine rings is 1. The molecule has 1 atom stereocenters. The Morgan fingerprint density at radius 1 is 1.62 bits per heavy atom. The number of hydrogen-bond acceptors (Lipinski definition) is 4. The van der Waals surface area contributed by atoms with Crippen molar-refractivity contribution in [1.82, 2.24) is 10.2 Å². The SMILES string of the molecule is CC(C)N(CCO)C(=O)CC1COCCN1. The molecule has 5 nitrogen and oxygen atoms in total. The van der Waals surface area contributed by atoms with Gasteiger partial charge in [-0.25, -0.2) is 0 Å². The van der Waals surface area contributed by atoms with E-state index in [-0.39, 0.29) is 24.6 Å². The van der Waals surface area contributed by atoms with Crippen LogP contribution >= 0.6 is 0 Å². The standard InChI is InChI=1S/C11H22N2O3/c1-9(2)13(4-5-14)11(15)7-10-8-16-6-3-12-10/h9-10,12,14H,3-8H2,1-2H3. The molecule has 0 aliphatic carbocycles. The Labute approximate surface area is 96.8 Å². The fourth-order valence-corrected chi connectivity index (χ4v) is 1.86. The fraction of sp³-hybridized carbons (Fsp3) is 0.909. The second-order valence-corrected chi connectivity index (χ2v) is 4.33. The number of aliphatic hydroxyl groups excluding tert-OH is 1. The molecule has 1 saturated heterocycles. The Balaban J connectivity index is 2.40. The molecule has 0 aromatic heterocycles. The molecule has 1 fully saturated rings. The minimum absolute atomic E-state index is 0.0124. The molecule has 1 aliphatic heterocycles. The highest BCUT2D eigenvalue weighted by Crippen LogP contribution is 2.06. The van der Waals surface area contributed by atoms with Crippen LogP contribution in [-0.2, 0) is 9.53 Å². The van der Waals surface area contributed by atoms with Gasteiger partial charge in [0.05, 0.1) is 19.8 Å². The third-order valence-electron chi connectivity index (χ3n) is 2.70. The predicted octanol–water partition coefficient (Wildman–Crippen LogP) is -0.406. The van der Waals surface area contributed by atoms with Crippen molar-refractivity contribution in [1.29, 1.82) is 0 Å². The molecule has 0 spiro atoms. The highest BCUT2D eigenvalue weighted by molar-refractivity contribution is 5.77. The van der Waals surface area contributed by atoms with Crippen LogP contribution in [0.5, 0.6) is 0 Å². The topological polar surface area (TPSA) is 61.8 Å². The van der Waals surface area contributed by atoms with Crippen LogP contribution in [-0.4, -0.2) is 60.9 Å². The summed E-state index contributed by atoms with van der Waals surface area (Å²) in [5.41, 5.74) is 0. The summed E-state index contributed by atoms with van der Waals surface area (Å²) in [6.07, 6.45) is 0.443. The number of nitrogens with one attached hydrogen (secondary N) is 1. The molecule has 2 N–H and O–H groups in total. The first-order valence-electron chi connectivity index (χ1n) is 5.86. The van der Waals surface area contributed by atoms with Crippen molar-refractivity contribution in [2.45, 2.75) is 32.4 Å². The van der Waals surface area contributed by atoms with Crippen LogP contribution in [0.25, 0.3) is 0 Å². The highest BCUT2D eigenvalue weighted by Gasteiger charge is 2.22. The van der Waals surface area contributed by atoms with E-state index in [4.69, 9.17) is 9.84 Å². The minimum atomic E-state index is 0.0124. The summed E-state index contributed by atoms with van der Waals surface area (Å²) >= 11 is 0. The Bertz CT molecular complexity index is 215. The van der Waals surface area contributed by atoms with Crippen LogP contribution in [0.15, 0.2) is 0 Å². The lowest BCUT2D eigenvalue weighted by Gasteiger charge is -2.29. The van der Waals surface area contributed by atoms with E-state index in [1.807, 2.05) is 13.8 Å². The monoisotopic (exact) mass is 230 g/mol. The lowest BCUT2D eigenvalue weighted by molar-refractivity contribution is -0.134. The van der Waals surface area contributed by atoms with E-state index < -0.39 is 0 Å². The summed E-state index contributed by atoms with van der Waals surface area (Å²) in [4.78, 5) is 13.7. The number of ether oxygens (including phenoxy) is 1. The number of amides is 1. The quantitative estimate of drug-likeness (QED) is 0.674. The van der Waals surface area contributed by atoms with E-state index in [0.29, 0.717) is 19.6 Å². The van der Waals surface area contributed by atoms with E-state index in [9.17, 15) is 4.79 Å². The third-order valence-corrected chi connectivity index (χ3v) is 2.70. The molecular formula is C11H22N2O3. The van der Waals surface area contributed by atoms with Crippen molar-refractivity contribution in [3.8, 4) is 0 Å². The lowest BCUT2D eigenvalue weighted by atomic mass is 10.1. The molecule has 1 aliphatic rings. The smallest absolute Gasteiger partial charge is 0.224 e. The molecule has 5 heteroatoms. The van der Waals surface area contributed by atoms with Gasteiger partial charge in [-0.05, 0) is 13.8 Å². The average molecular weight is 230 g/mol. The first-order chi connectivity index (χ1) is 7.65. The molecule has 0 aromatic carbocycles. The van der Waals surface area contributed by atoms with Gasteiger partial charge in [-0.2, -0.15) is 0 Å². The molecule has 0 aromatic rings. The maximum atomic E-state index is 12.0. The normalized spacial score (nSPS) is 21.1. The van der Waals surface area contributed by atoms with E-state index in [2.05, 4.69) is 5.32 Å². The molecule has 16 heavy (non-hydrogen) atoms. The lowest BCUT2D eigenvalue weighted by Crippen LogP contribution is -2.47. The van der Waals surface area contributed by atoms with Gasteiger partial charge >= 0.3 is 0 Å². The minimum Gasteiger partial charge on any atom is -0.395 e. The Hall–Kier alpha value is -0.650. The third kappa shape index (κ3) is 4.08. The number of hydrogen-bond donors (Lipinski definition) is 2. The zero-order chi connectivity index (χ0) is 12.0. The Morgan fingerprint density at radius 3 is 2.88 bits per heavy atom. The Morgan fingerprint density at radius 2 is 2.38 bits per heavy atom. The first-order valence-corrected chi connectivity index (χ1v) is 5.86. The van der Waals surface area contributed by atoms with Crippen molar-refractivity contribution in [3.63, 3.8) is 0 Å². The van der Waals surface area contributed by atoms with Gasteiger partial charge in [0.15, 0.2) is 0 Å². The second kappa shape index (κ2) is 6.83. The largest absolute Gasteiger partial charge is 0.395 e. The van der Waals surface area contributed by atoms with Gasteiger partial charge in [-0.1, -0.05) is 0 Å². The van der Waals surface area contributed by atoms with Gasteiger partial charge in [0.1, 0.15) is 0 Å². The molecule has 94 valence electrons. The van der Waals surface area contributed by atoms with Gasteiger partial charge in [-0.15, -0.1) is 0 Å². The summed E-state index contributed by atoms with van der Waals surface area (Å²) < 4.78 is 5.30. The van der Waals surface area contributed by atoms with Crippen molar-refractivity contribution in [3.05, 3.63) is 0 Å². The van der Waals surface area contributed by atoms with E-state index in [0.717, 1.165) is 13.2 Å². The van der Waals surface area contributed by atoms with Crippen LogP contribution < -0.4 is 5.32 Å². The van der Waals surface area contributed by atoms with Crippen LogP contribution in [0.3, 0.4) is 0 Å². The summed E-state index contributed by atoms with van der Waals surface area (Å²) in [5, 5.41) is 12.2. The summed E-state index contributed by atoms with van der Waals surface area (Å²) in [7, 11) is 0. The number of rotatable bonds is 5. The fourth-order valence-electron chi connectivity index (χ4n) is 1.86. The predicted molar refractivity (Wildman–Crippen MR) is 61.2 cm³/mol. The number of carbonyl (C=O) groups is 1. The number of nitrogens with zero attached hydrogens (tertiary/aromatic N) is 1. The van der Waals surface area contributed by atoms with Crippen molar-refractivity contribution < 1.29 is 14.6 Å². The zero-order valence-corrected chi connectivity index (χ0v) is 10.1. The highest BCUT2D eigenvalue weighted by atomic mass is 16.5. The van der Waals surface area contributed by atoms with Gasteiger partial charge < -0.3 is 20.1 Å². The molecule has 0 bridgehead atoms. The van der Waals surface area contributed by atoms with Gasteiger partial charge in [0.2, 0.25) is 5.91 Å². The maximum Gasteiger partial charge on any atom is 0.224 e. The van der Waals surface area contributed by atoms with Crippen molar-refractivity contribution in [2.24, 2.45) is 0 Å². The van der Waals surface area contributed by atoms with Crippen LogP contribution in [0.1, 0.15) is 20.3 Å². The molecule has 0 radical (unpaired) electrons. The molecule has 1 heterocycles. The molecule has 1 amide bonds. The van der Waals surface area contributed by atoms with Gasteiger partial charge in [0.25, 0.3) is 0 Å². The van der Waals surface area contributed by atoms with Crippen LogP contribution in [0.4, 0.5) is 0 Å². The van der Waals surface area contributed by atoms with E-state index in [1.165, 1.54) is 0 Å². The molecule has 1 rings (SSSR count). The van der Waals surface area contributed by atoms with Gasteiger partial charge in [-0.3, -0.25) is 4.79 Å². The van der Waals surface area contributed by atoms with Crippen LogP contribution in [0.2, 0.25) is 0 Å². The molecule has 0 saturated carbocycles. The average Bonchev–Trinajstić information content (AvgIpc) is 2.26. The summed E-state index contributed by atoms with van der Waals surface area (Å²) in [5.74, 6) is 0.0760. The van der Waals surface area contributed by atoms with Crippen molar-refractivity contribution in [2.75, 3.05) is 32.9 Å². The second-order valence-electron chi connectivity index (χ2n) is 4.33. The molecule has 1 unspecified atom stereocenters. The summed E-state index contributed by atoms with van der Waals surface area (Å²) in [6, 6.07) is 0.241. The zero-order valence-electron chi connectivity index (χ0n) is 10.1. The number of carbonyl (C=O) groups excluding carboxylic acids is 1. The molecular weight excluding hydrogens is 208 g/mol.